The molecule has 0 aliphatic rings. The second kappa shape index (κ2) is 5.97. The number of aromatic nitrogens is 2. The first-order valence-electron chi connectivity index (χ1n) is 6.17. The van der Waals surface area contributed by atoms with Crippen LogP contribution in [0.4, 0.5) is 0 Å². The molecule has 1 aromatic carbocycles. The van der Waals surface area contributed by atoms with Crippen LogP contribution in [0.15, 0.2) is 53.6 Å². The summed E-state index contributed by atoms with van der Waals surface area (Å²) >= 11 is 0. The first kappa shape index (κ1) is 13.7. The highest BCUT2D eigenvalue weighted by atomic mass is 16.1. The Morgan fingerprint density at radius 1 is 1.35 bits per heavy atom. The lowest BCUT2D eigenvalue weighted by Gasteiger charge is -2.06. The third-order valence-corrected chi connectivity index (χ3v) is 2.71. The van der Waals surface area contributed by atoms with E-state index in [1.165, 1.54) is 23.0 Å². The maximum absolute atomic E-state index is 11.9. The largest absolute Gasteiger partial charge is 0.394 e. The van der Waals surface area contributed by atoms with Gasteiger partial charge in [-0.15, -0.1) is 0 Å². The Balaban J connectivity index is 2.46. The van der Waals surface area contributed by atoms with Crippen LogP contribution in [0.3, 0.4) is 0 Å². The van der Waals surface area contributed by atoms with Crippen molar-refractivity contribution in [1.29, 1.82) is 0 Å². The summed E-state index contributed by atoms with van der Waals surface area (Å²) in [5, 5.41) is 6.82. The van der Waals surface area contributed by atoms with Gasteiger partial charge in [0.25, 0.3) is 0 Å². The predicted molar refractivity (Wildman–Crippen MR) is 77.1 cm³/mol. The van der Waals surface area contributed by atoms with Crippen molar-refractivity contribution in [3.63, 3.8) is 0 Å². The van der Waals surface area contributed by atoms with E-state index >= 15 is 0 Å². The Hall–Kier alpha value is -2.69. The van der Waals surface area contributed by atoms with Crippen LogP contribution in [-0.2, 0) is 0 Å². The molecular formula is C15H15N3O2. The zero-order valence-electron chi connectivity index (χ0n) is 11.3. The first-order valence-corrected chi connectivity index (χ1v) is 6.17. The van der Waals surface area contributed by atoms with Gasteiger partial charge >= 0.3 is 0 Å². The van der Waals surface area contributed by atoms with E-state index in [-0.39, 0.29) is 11.1 Å². The molecular weight excluding hydrogens is 254 g/mol. The summed E-state index contributed by atoms with van der Waals surface area (Å²) in [6, 6.07) is 8.99. The molecule has 0 atom stereocenters. The molecule has 0 radical (unpaired) electrons. The van der Waals surface area contributed by atoms with Crippen molar-refractivity contribution in [3.05, 3.63) is 70.3 Å². The monoisotopic (exact) mass is 269 g/mol. The zero-order chi connectivity index (χ0) is 14.5. The fourth-order valence-corrected chi connectivity index (χ4v) is 1.73. The summed E-state index contributed by atoms with van der Waals surface area (Å²) in [4.78, 5) is 23.6. The van der Waals surface area contributed by atoms with Gasteiger partial charge < -0.3 is 5.32 Å². The number of allylic oxidation sites excluding steroid dienone is 1. The number of hydrogen-bond acceptors (Lipinski definition) is 4. The minimum atomic E-state index is -0.425. The summed E-state index contributed by atoms with van der Waals surface area (Å²) in [6.07, 6.45) is 4.30. The van der Waals surface area contributed by atoms with E-state index in [0.29, 0.717) is 0 Å². The minimum Gasteiger partial charge on any atom is -0.394 e. The summed E-state index contributed by atoms with van der Waals surface area (Å²) in [7, 11) is 1.67. The number of nitrogens with zero attached hydrogens (tertiary/aromatic N) is 2. The van der Waals surface area contributed by atoms with Crippen molar-refractivity contribution in [2.75, 3.05) is 7.05 Å². The van der Waals surface area contributed by atoms with Crippen LogP contribution < -0.4 is 10.7 Å². The van der Waals surface area contributed by atoms with Crippen molar-refractivity contribution in [2.24, 2.45) is 0 Å². The van der Waals surface area contributed by atoms with E-state index < -0.39 is 5.78 Å². The number of hydrogen-bond donors (Lipinski definition) is 1. The number of benzene rings is 1. The number of carbonyl (C=O) groups is 1. The van der Waals surface area contributed by atoms with Gasteiger partial charge in [-0.1, -0.05) is 12.1 Å². The molecule has 0 spiro atoms. The van der Waals surface area contributed by atoms with E-state index in [2.05, 4.69) is 10.4 Å². The standard InChI is InChI=1S/C15H15N3O2/c1-11-4-3-5-12(10-11)18-9-7-14(20)15(17-18)13(19)6-8-16-2/h3-10,16H,1-2H3. The van der Waals surface area contributed by atoms with Gasteiger partial charge in [0, 0.05) is 31.6 Å². The molecule has 0 aliphatic heterocycles. The van der Waals surface area contributed by atoms with Crippen LogP contribution in [0.1, 0.15) is 16.1 Å². The molecule has 0 saturated heterocycles. The summed E-state index contributed by atoms with van der Waals surface area (Å²) in [5.41, 5.74) is 1.39. The van der Waals surface area contributed by atoms with E-state index in [9.17, 15) is 9.59 Å². The van der Waals surface area contributed by atoms with Crippen molar-refractivity contribution >= 4 is 5.78 Å². The molecule has 0 unspecified atom stereocenters. The second-order valence-electron chi connectivity index (χ2n) is 4.30. The van der Waals surface area contributed by atoms with Crippen LogP contribution in [-0.4, -0.2) is 22.6 Å². The van der Waals surface area contributed by atoms with Gasteiger partial charge in [0.2, 0.25) is 11.2 Å². The molecule has 1 aromatic heterocycles. The molecule has 1 N–H and O–H groups in total. The minimum absolute atomic E-state index is 0.0968. The van der Waals surface area contributed by atoms with Crippen LogP contribution in [0.2, 0.25) is 0 Å². The second-order valence-corrected chi connectivity index (χ2v) is 4.30. The number of ketones is 1. The Bertz CT molecular complexity index is 717. The molecule has 5 heteroatoms. The predicted octanol–water partition coefficient (Wildman–Crippen LogP) is 1.46. The Morgan fingerprint density at radius 3 is 2.85 bits per heavy atom. The van der Waals surface area contributed by atoms with Gasteiger partial charge in [-0.25, -0.2) is 4.68 Å². The Kier molecular flexibility index (Phi) is 4.10. The molecule has 0 fully saturated rings. The Labute approximate surface area is 116 Å². The van der Waals surface area contributed by atoms with Crippen molar-refractivity contribution in [1.82, 2.24) is 15.1 Å². The van der Waals surface area contributed by atoms with Crippen LogP contribution in [0.25, 0.3) is 5.69 Å². The van der Waals surface area contributed by atoms with E-state index in [1.54, 1.807) is 13.2 Å². The third kappa shape index (κ3) is 3.00. The molecule has 20 heavy (non-hydrogen) atoms. The highest BCUT2D eigenvalue weighted by Gasteiger charge is 2.10. The first-order chi connectivity index (χ1) is 9.61. The molecule has 5 nitrogen and oxygen atoms in total. The van der Waals surface area contributed by atoms with Gasteiger partial charge in [0.1, 0.15) is 0 Å². The molecule has 2 aromatic rings. The van der Waals surface area contributed by atoms with Crippen LogP contribution in [0.5, 0.6) is 0 Å². The highest BCUT2D eigenvalue weighted by molar-refractivity contribution is 6.02. The van der Waals surface area contributed by atoms with Crippen molar-refractivity contribution in [2.45, 2.75) is 6.92 Å². The average molecular weight is 269 g/mol. The van der Waals surface area contributed by atoms with E-state index in [4.69, 9.17) is 0 Å². The lowest BCUT2D eigenvalue weighted by Crippen LogP contribution is -2.19. The van der Waals surface area contributed by atoms with Crippen molar-refractivity contribution < 1.29 is 4.79 Å². The summed E-state index contributed by atoms with van der Waals surface area (Å²) in [6.45, 7) is 1.97. The lowest BCUT2D eigenvalue weighted by molar-refractivity contribution is 0.103. The summed E-state index contributed by atoms with van der Waals surface area (Å²) < 4.78 is 1.52. The lowest BCUT2D eigenvalue weighted by atomic mass is 10.2. The molecule has 0 saturated carbocycles. The van der Waals surface area contributed by atoms with Crippen LogP contribution >= 0.6 is 0 Å². The fourth-order valence-electron chi connectivity index (χ4n) is 1.73. The van der Waals surface area contributed by atoms with Gasteiger partial charge in [-0.3, -0.25) is 9.59 Å². The number of nitrogens with one attached hydrogen (secondary N) is 1. The van der Waals surface area contributed by atoms with Gasteiger partial charge in [0.15, 0.2) is 5.69 Å². The quantitative estimate of drug-likeness (QED) is 0.674. The number of rotatable bonds is 4. The maximum atomic E-state index is 11.9. The molecule has 0 bridgehead atoms. The number of carbonyl (C=O) groups excluding carboxylic acids is 1. The molecule has 2 rings (SSSR count). The number of aryl methyl sites for hydroxylation is 1. The third-order valence-electron chi connectivity index (χ3n) is 2.71. The molecule has 0 amide bonds. The van der Waals surface area contributed by atoms with Crippen LogP contribution in [0, 0.1) is 6.92 Å². The topological polar surface area (TPSA) is 64.0 Å². The highest BCUT2D eigenvalue weighted by Crippen LogP contribution is 2.08. The Morgan fingerprint density at radius 2 is 2.15 bits per heavy atom. The normalized spacial score (nSPS) is 10.7. The average Bonchev–Trinajstić information content (AvgIpc) is 2.45. The molecule has 102 valence electrons. The smallest absolute Gasteiger partial charge is 0.211 e. The van der Waals surface area contributed by atoms with Crippen molar-refractivity contribution in [3.8, 4) is 5.69 Å². The van der Waals surface area contributed by atoms with E-state index in [1.807, 2.05) is 31.2 Å². The molecule has 1 heterocycles. The van der Waals surface area contributed by atoms with E-state index in [0.717, 1.165) is 11.3 Å². The van der Waals surface area contributed by atoms with Gasteiger partial charge in [-0.2, -0.15) is 5.10 Å². The maximum Gasteiger partial charge on any atom is 0.211 e. The fraction of sp³-hybridized carbons (Fsp3) is 0.133. The zero-order valence-corrected chi connectivity index (χ0v) is 11.3. The van der Waals surface area contributed by atoms with Gasteiger partial charge in [-0.05, 0) is 24.6 Å². The SMILES string of the molecule is CNC=CC(=O)c1nn(-c2cccc(C)c2)ccc1=O. The summed E-state index contributed by atoms with van der Waals surface area (Å²) in [5.74, 6) is -0.425. The molecule has 0 aliphatic carbocycles. The van der Waals surface area contributed by atoms with Gasteiger partial charge in [0.05, 0.1) is 5.69 Å².